The third kappa shape index (κ3) is 8.14. The van der Waals surface area contributed by atoms with Crippen molar-refractivity contribution in [1.82, 2.24) is 15.7 Å². The summed E-state index contributed by atoms with van der Waals surface area (Å²) in [6.07, 6.45) is 1.27. The minimum Gasteiger partial charge on any atom is -0.496 e. The van der Waals surface area contributed by atoms with Gasteiger partial charge in [-0.25, -0.2) is 0 Å². The number of anilines is 1. The molecule has 0 unspecified atom stereocenters. The molecule has 1 aliphatic heterocycles. The van der Waals surface area contributed by atoms with Gasteiger partial charge in [0.2, 0.25) is 5.91 Å². The van der Waals surface area contributed by atoms with Crippen LogP contribution in [0, 0.1) is 35.0 Å². The van der Waals surface area contributed by atoms with Crippen LogP contribution < -0.4 is 20.3 Å². The molecule has 0 spiro atoms. The van der Waals surface area contributed by atoms with Gasteiger partial charge in [-0.2, -0.15) is 5.06 Å². The summed E-state index contributed by atoms with van der Waals surface area (Å²) in [5.74, 6) is 1.40. The second kappa shape index (κ2) is 16.4. The quantitative estimate of drug-likeness (QED) is 0.203. The molecule has 2 aromatic rings. The number of hydrogen-bond acceptors (Lipinski definition) is 9. The van der Waals surface area contributed by atoms with Crippen LogP contribution in [-0.2, 0) is 20.9 Å². The smallest absolute Gasteiger partial charge is 0.251 e. The SMILES string of the molecule is COC[C@H](CC(C)C)NC(=O)c1cc(-c2cccc(CN3O[C@@H](CO)[C@@H]([C@H](C)O)[C@H]3C(=O)N[C@H]3C[C@H]4C[C@@H]([C@@H]3C)C4(C)C)c2OC)cc(N(C)C)c1. The summed E-state index contributed by atoms with van der Waals surface area (Å²) < 4.78 is 11.5. The van der Waals surface area contributed by atoms with Crippen molar-refractivity contribution in [2.75, 3.05) is 46.4 Å². The largest absolute Gasteiger partial charge is 0.496 e. The fourth-order valence-corrected chi connectivity index (χ4v) is 9.19. The van der Waals surface area contributed by atoms with Crippen LogP contribution in [-0.4, -0.2) is 99.0 Å². The zero-order valence-corrected chi connectivity index (χ0v) is 32.8. The molecule has 11 heteroatoms. The molecule has 4 N–H and O–H groups in total. The lowest BCUT2D eigenvalue weighted by atomic mass is 9.45. The second-order valence-corrected chi connectivity index (χ2v) is 16.7. The first-order valence-electron chi connectivity index (χ1n) is 18.9. The first-order valence-corrected chi connectivity index (χ1v) is 18.9. The van der Waals surface area contributed by atoms with Crippen molar-refractivity contribution in [2.45, 2.75) is 97.7 Å². The Labute approximate surface area is 310 Å². The molecule has 9 atom stereocenters. The van der Waals surface area contributed by atoms with E-state index < -0.39 is 24.2 Å². The van der Waals surface area contributed by atoms with E-state index in [9.17, 15) is 19.8 Å². The lowest BCUT2D eigenvalue weighted by Gasteiger charge is -2.62. The zero-order valence-electron chi connectivity index (χ0n) is 32.8. The van der Waals surface area contributed by atoms with E-state index in [4.69, 9.17) is 14.3 Å². The lowest BCUT2D eigenvalue weighted by Crippen LogP contribution is -2.62. The van der Waals surface area contributed by atoms with Crippen molar-refractivity contribution >= 4 is 17.5 Å². The molecule has 4 fully saturated rings. The van der Waals surface area contributed by atoms with E-state index in [2.05, 4.69) is 45.3 Å². The molecular formula is C41H62N4O7. The molecule has 288 valence electrons. The number of hydrogen-bond donors (Lipinski definition) is 4. The van der Waals surface area contributed by atoms with Crippen molar-refractivity contribution in [2.24, 2.45) is 35.0 Å². The predicted molar refractivity (Wildman–Crippen MR) is 203 cm³/mol. The Hall–Kier alpha value is -3.22. The molecule has 6 rings (SSSR count). The third-order valence-corrected chi connectivity index (χ3v) is 12.2. The summed E-state index contributed by atoms with van der Waals surface area (Å²) in [7, 11) is 7.12. The van der Waals surface area contributed by atoms with Gasteiger partial charge in [0, 0.05) is 55.5 Å². The number of fused-ring (bicyclic) bond motifs is 2. The molecule has 1 saturated heterocycles. The zero-order chi connectivity index (χ0) is 38.1. The number of methoxy groups -OCH3 is 2. The molecule has 2 aromatic carbocycles. The first-order chi connectivity index (χ1) is 24.6. The van der Waals surface area contributed by atoms with E-state index in [-0.39, 0.29) is 42.5 Å². The van der Waals surface area contributed by atoms with Gasteiger partial charge >= 0.3 is 0 Å². The molecule has 2 bridgehead atoms. The van der Waals surface area contributed by atoms with Crippen molar-refractivity contribution in [3.05, 3.63) is 47.5 Å². The van der Waals surface area contributed by atoms with Gasteiger partial charge in [0.15, 0.2) is 0 Å². The van der Waals surface area contributed by atoms with Gasteiger partial charge in [-0.1, -0.05) is 52.8 Å². The van der Waals surface area contributed by atoms with E-state index in [0.29, 0.717) is 41.6 Å². The average Bonchev–Trinajstić information content (AvgIpc) is 3.47. The molecule has 2 amide bonds. The summed E-state index contributed by atoms with van der Waals surface area (Å²) in [6, 6.07) is 10.6. The molecule has 0 aromatic heterocycles. The van der Waals surface area contributed by atoms with Crippen LogP contribution in [0.15, 0.2) is 36.4 Å². The molecule has 1 heterocycles. The van der Waals surface area contributed by atoms with E-state index >= 15 is 0 Å². The number of amides is 2. The van der Waals surface area contributed by atoms with Crippen LogP contribution in [0.5, 0.6) is 5.75 Å². The Kier molecular flexibility index (Phi) is 12.6. The summed E-state index contributed by atoms with van der Waals surface area (Å²) >= 11 is 0. The predicted octanol–water partition coefficient (Wildman–Crippen LogP) is 4.88. The molecular weight excluding hydrogens is 660 g/mol. The fourth-order valence-electron chi connectivity index (χ4n) is 9.19. The number of aliphatic hydroxyl groups excluding tert-OH is 2. The maximum atomic E-state index is 14.2. The Morgan fingerprint density at radius 2 is 1.85 bits per heavy atom. The summed E-state index contributed by atoms with van der Waals surface area (Å²) in [5.41, 5.74) is 3.98. The fraction of sp³-hybridized carbons (Fsp3) is 0.659. The van der Waals surface area contributed by atoms with Crippen LogP contribution >= 0.6 is 0 Å². The highest BCUT2D eigenvalue weighted by Crippen LogP contribution is 2.61. The topological polar surface area (TPSA) is 133 Å². The maximum absolute atomic E-state index is 14.2. The molecule has 3 aliphatic carbocycles. The summed E-state index contributed by atoms with van der Waals surface area (Å²) in [4.78, 5) is 36.1. The number of carbonyl (C=O) groups excluding carboxylic acids is 2. The number of benzene rings is 2. The Morgan fingerprint density at radius 3 is 2.42 bits per heavy atom. The number of ether oxygens (including phenoxy) is 2. The monoisotopic (exact) mass is 722 g/mol. The molecule has 11 nitrogen and oxygen atoms in total. The van der Waals surface area contributed by atoms with Gasteiger partial charge in [0.25, 0.3) is 5.91 Å². The second-order valence-electron chi connectivity index (χ2n) is 16.7. The van der Waals surface area contributed by atoms with Crippen LogP contribution in [0.3, 0.4) is 0 Å². The van der Waals surface area contributed by atoms with E-state index in [1.807, 2.05) is 55.4 Å². The average molecular weight is 723 g/mol. The van der Waals surface area contributed by atoms with Crippen LogP contribution in [0.25, 0.3) is 11.1 Å². The number of hydroxylamine groups is 2. The van der Waals surface area contributed by atoms with Crippen LogP contribution in [0.1, 0.15) is 76.7 Å². The highest BCUT2D eigenvalue weighted by Gasteiger charge is 2.57. The van der Waals surface area contributed by atoms with E-state index in [1.54, 1.807) is 26.2 Å². The number of aliphatic hydroxyl groups is 2. The summed E-state index contributed by atoms with van der Waals surface area (Å²) in [6.45, 7) is 13.0. The number of nitrogens with one attached hydrogen (secondary N) is 2. The Balaban J connectivity index is 1.45. The third-order valence-electron chi connectivity index (χ3n) is 12.2. The Bertz CT molecular complexity index is 1560. The van der Waals surface area contributed by atoms with Crippen molar-refractivity contribution in [3.63, 3.8) is 0 Å². The van der Waals surface area contributed by atoms with Gasteiger partial charge in [-0.05, 0) is 79.0 Å². The van der Waals surface area contributed by atoms with E-state index in [1.165, 1.54) is 6.42 Å². The van der Waals surface area contributed by atoms with Crippen LogP contribution in [0.2, 0.25) is 0 Å². The van der Waals surface area contributed by atoms with Crippen LogP contribution in [0.4, 0.5) is 5.69 Å². The maximum Gasteiger partial charge on any atom is 0.251 e. The summed E-state index contributed by atoms with van der Waals surface area (Å²) in [5, 5.41) is 29.4. The lowest BCUT2D eigenvalue weighted by molar-refractivity contribution is -0.183. The number of rotatable bonds is 15. The van der Waals surface area contributed by atoms with Crippen molar-refractivity contribution in [3.8, 4) is 16.9 Å². The highest BCUT2D eigenvalue weighted by molar-refractivity contribution is 5.97. The molecule has 52 heavy (non-hydrogen) atoms. The van der Waals surface area contributed by atoms with Gasteiger partial charge in [-0.15, -0.1) is 0 Å². The van der Waals surface area contributed by atoms with E-state index in [0.717, 1.165) is 35.2 Å². The molecule has 4 aliphatic rings. The van der Waals surface area contributed by atoms with Crippen molar-refractivity contribution in [1.29, 1.82) is 0 Å². The van der Waals surface area contributed by atoms with Gasteiger partial charge in [-0.3, -0.25) is 14.4 Å². The van der Waals surface area contributed by atoms with Gasteiger partial charge in [0.05, 0.1) is 39.0 Å². The highest BCUT2D eigenvalue weighted by atomic mass is 16.7. The van der Waals surface area contributed by atoms with Crippen molar-refractivity contribution < 1.29 is 34.1 Å². The molecule has 0 radical (unpaired) electrons. The Morgan fingerprint density at radius 1 is 1.12 bits per heavy atom. The normalized spacial score (nSPS) is 27.8. The first kappa shape index (κ1) is 40.0. The molecule has 3 saturated carbocycles. The minimum absolute atomic E-state index is 0.0392. The number of carbonyl (C=O) groups is 2. The minimum atomic E-state index is -0.899. The number of nitrogens with zero attached hydrogens (tertiary/aromatic N) is 2. The van der Waals surface area contributed by atoms with Gasteiger partial charge in [0.1, 0.15) is 17.9 Å². The standard InChI is InChI=1S/C41H62N4O7/c1-23(2)14-30(22-50-9)42-39(48)28-15-27(16-31(17-28)44(7)8)32-13-11-12-26(38(32)51-10)20-45-37(36(25(4)47)35(21-46)52-45)40(49)43-34-19-29-18-33(24(34)3)41(29,5)6/h11-13,15-17,23-25,29-30,33-37,46-47H,14,18-22H2,1-10H3,(H,42,48)(H,43,49)/t24-,25-,29+,30-,33-,34-,35-,36+,37-/m0/s1. The van der Waals surface area contributed by atoms with Gasteiger partial charge < -0.3 is 35.2 Å². The number of para-hydroxylation sites is 1.